The molecule has 0 fully saturated rings. The number of nitriles is 1. The lowest BCUT2D eigenvalue weighted by Gasteiger charge is -2.27. The van der Waals surface area contributed by atoms with Crippen LogP contribution in [0.3, 0.4) is 0 Å². The first-order valence-corrected chi connectivity index (χ1v) is 7.49. The summed E-state index contributed by atoms with van der Waals surface area (Å²) >= 11 is 12.3. The van der Waals surface area contributed by atoms with Crippen LogP contribution in [-0.2, 0) is 5.41 Å². The molecule has 1 aromatic carbocycles. The number of hydrogen-bond acceptors (Lipinski definition) is 4. The molecule has 0 amide bonds. The van der Waals surface area contributed by atoms with E-state index in [-0.39, 0.29) is 0 Å². The maximum Gasteiger partial charge on any atom is 0.346 e. The molecule has 2 rings (SSSR count). The topological polar surface area (TPSA) is 51.8 Å². The number of rotatable bonds is 6. The summed E-state index contributed by atoms with van der Waals surface area (Å²) in [5.74, 6) is 0. The lowest BCUT2D eigenvalue weighted by atomic mass is 9.77. The average Bonchev–Trinajstić information content (AvgIpc) is 2.96. The number of halogens is 2. The Hall–Kier alpha value is -1.66. The maximum atomic E-state index is 9.84. The fourth-order valence-corrected chi connectivity index (χ4v) is 2.96. The minimum Gasteiger partial charge on any atom is -0.197 e. The molecule has 108 valence electrons. The van der Waals surface area contributed by atoms with Gasteiger partial charge in [0, 0.05) is 10.0 Å². The van der Waals surface area contributed by atoms with E-state index in [2.05, 4.69) is 29.5 Å². The third-order valence-corrected chi connectivity index (χ3v) is 4.03. The third-order valence-electron chi connectivity index (χ3n) is 3.48. The highest BCUT2D eigenvalue weighted by molar-refractivity contribution is 6.35. The molecule has 0 N–H and O–H groups in total. The first-order valence-electron chi connectivity index (χ1n) is 6.73. The Labute approximate surface area is 134 Å². The molecule has 0 saturated heterocycles. The predicted octanol–water partition coefficient (Wildman–Crippen LogP) is 4.11. The van der Waals surface area contributed by atoms with Crippen molar-refractivity contribution >= 4 is 35.9 Å². The predicted molar refractivity (Wildman–Crippen MR) is 85.9 cm³/mol. The molecule has 0 spiro atoms. The van der Waals surface area contributed by atoms with Crippen molar-refractivity contribution in [3.63, 3.8) is 0 Å². The molecule has 0 radical (unpaired) electrons. The highest BCUT2D eigenvalue weighted by Crippen LogP contribution is 2.36. The van der Waals surface area contributed by atoms with Crippen molar-refractivity contribution in [1.29, 1.82) is 5.26 Å². The SMILES string of the molecule is CCCCC(C#N)(CN1[C+]=NN=C1)c1ccc(Cl)cc1Cl. The van der Waals surface area contributed by atoms with Crippen molar-refractivity contribution in [2.75, 3.05) is 6.54 Å². The fourth-order valence-electron chi connectivity index (χ4n) is 2.37. The summed E-state index contributed by atoms with van der Waals surface area (Å²) in [5.41, 5.74) is 0.0444. The van der Waals surface area contributed by atoms with Gasteiger partial charge in [-0.15, -0.1) is 4.90 Å². The number of benzene rings is 1. The maximum absolute atomic E-state index is 9.84. The van der Waals surface area contributed by atoms with E-state index in [1.54, 1.807) is 23.4 Å². The van der Waals surface area contributed by atoms with E-state index in [9.17, 15) is 5.26 Å². The Balaban J connectivity index is 2.40. The smallest absolute Gasteiger partial charge is 0.197 e. The molecule has 1 heterocycles. The summed E-state index contributed by atoms with van der Waals surface area (Å²) in [6.07, 6.45) is 6.92. The van der Waals surface area contributed by atoms with Crippen LogP contribution in [0.2, 0.25) is 10.0 Å². The zero-order valence-corrected chi connectivity index (χ0v) is 13.2. The van der Waals surface area contributed by atoms with Gasteiger partial charge in [0.25, 0.3) is 6.34 Å². The Kier molecular flexibility index (Phi) is 5.14. The van der Waals surface area contributed by atoms with Gasteiger partial charge in [0.1, 0.15) is 5.41 Å². The molecule has 6 heteroatoms. The molecule has 1 unspecified atom stereocenters. The Morgan fingerprint density at radius 1 is 1.43 bits per heavy atom. The molecule has 1 aliphatic rings. The van der Waals surface area contributed by atoms with Crippen LogP contribution >= 0.6 is 23.2 Å². The second kappa shape index (κ2) is 6.87. The minimum absolute atomic E-state index is 0.415. The molecular formula is C15H15Cl2N4+. The summed E-state index contributed by atoms with van der Waals surface area (Å²) in [7, 11) is 0. The van der Waals surface area contributed by atoms with Gasteiger partial charge in [0.05, 0.1) is 17.7 Å². The van der Waals surface area contributed by atoms with Crippen molar-refractivity contribution in [3.8, 4) is 6.07 Å². The van der Waals surface area contributed by atoms with Gasteiger partial charge in [0.2, 0.25) is 0 Å². The molecular weight excluding hydrogens is 307 g/mol. The number of nitrogens with zero attached hydrogens (tertiary/aromatic N) is 4. The largest absolute Gasteiger partial charge is 0.346 e. The first kappa shape index (κ1) is 15.7. The molecule has 1 atom stereocenters. The van der Waals surface area contributed by atoms with Gasteiger partial charge in [-0.3, -0.25) is 0 Å². The van der Waals surface area contributed by atoms with E-state index >= 15 is 0 Å². The van der Waals surface area contributed by atoms with Crippen LogP contribution in [0, 0.1) is 11.3 Å². The van der Waals surface area contributed by atoms with E-state index in [4.69, 9.17) is 23.2 Å². The zero-order chi connectivity index (χ0) is 15.3. The van der Waals surface area contributed by atoms with Crippen LogP contribution in [0.15, 0.2) is 28.4 Å². The normalized spacial score (nSPS) is 15.6. The monoisotopic (exact) mass is 321 g/mol. The lowest BCUT2D eigenvalue weighted by molar-refractivity contribution is 0.413. The highest BCUT2D eigenvalue weighted by Gasteiger charge is 2.38. The van der Waals surface area contributed by atoms with Crippen LogP contribution in [-0.4, -0.2) is 24.1 Å². The molecule has 21 heavy (non-hydrogen) atoms. The van der Waals surface area contributed by atoms with Gasteiger partial charge in [-0.05, 0) is 29.2 Å². The van der Waals surface area contributed by atoms with Gasteiger partial charge in [0.15, 0.2) is 0 Å². The van der Waals surface area contributed by atoms with Gasteiger partial charge >= 0.3 is 6.34 Å². The Morgan fingerprint density at radius 3 is 2.81 bits per heavy atom. The van der Waals surface area contributed by atoms with Crippen molar-refractivity contribution in [1.82, 2.24) is 4.90 Å². The fraction of sp³-hybridized carbons (Fsp3) is 0.400. The van der Waals surface area contributed by atoms with Gasteiger partial charge in [-0.25, -0.2) is 0 Å². The van der Waals surface area contributed by atoms with E-state index < -0.39 is 5.41 Å². The van der Waals surface area contributed by atoms with Crippen molar-refractivity contribution in [2.45, 2.75) is 31.6 Å². The quantitative estimate of drug-likeness (QED) is 0.740. The van der Waals surface area contributed by atoms with Crippen molar-refractivity contribution in [3.05, 3.63) is 33.8 Å². The molecule has 1 aromatic rings. The van der Waals surface area contributed by atoms with Gasteiger partial charge in [-0.1, -0.05) is 49.0 Å². The Bertz CT molecular complexity index is 594. The summed E-state index contributed by atoms with van der Waals surface area (Å²) < 4.78 is 0. The van der Waals surface area contributed by atoms with Crippen LogP contribution < -0.4 is 0 Å². The summed E-state index contributed by atoms with van der Waals surface area (Å²) in [6.45, 7) is 2.51. The molecule has 0 aliphatic carbocycles. The van der Waals surface area contributed by atoms with E-state index in [1.807, 2.05) is 6.07 Å². The molecule has 0 bridgehead atoms. The minimum atomic E-state index is -0.740. The Morgan fingerprint density at radius 2 is 2.24 bits per heavy atom. The average molecular weight is 322 g/mol. The van der Waals surface area contributed by atoms with Crippen LogP contribution in [0.4, 0.5) is 0 Å². The van der Waals surface area contributed by atoms with E-state index in [1.165, 1.54) is 0 Å². The standard InChI is InChI=1S/C15H15Cl2N4/c1-2-3-6-15(8-18,9-21-10-19-20-11-21)13-5-4-12(16)7-14(13)17/h4-5,7,10H,2-3,6,9H2,1H3/q+1. The summed E-state index contributed by atoms with van der Waals surface area (Å²) in [6, 6.07) is 7.70. The van der Waals surface area contributed by atoms with Crippen LogP contribution in [0.1, 0.15) is 31.7 Å². The molecule has 1 aliphatic heterocycles. The third kappa shape index (κ3) is 3.51. The van der Waals surface area contributed by atoms with E-state index in [0.717, 1.165) is 18.4 Å². The number of hydrogen-bond donors (Lipinski definition) is 0. The molecule has 0 aromatic heterocycles. The second-order valence-electron chi connectivity index (χ2n) is 4.98. The molecule has 0 saturated carbocycles. The summed E-state index contributed by atoms with van der Waals surface area (Å²) in [5, 5.41) is 18.3. The van der Waals surface area contributed by atoms with Crippen molar-refractivity contribution in [2.24, 2.45) is 10.2 Å². The molecule has 4 nitrogen and oxygen atoms in total. The van der Waals surface area contributed by atoms with E-state index in [0.29, 0.717) is 23.0 Å². The zero-order valence-electron chi connectivity index (χ0n) is 11.7. The van der Waals surface area contributed by atoms with Crippen molar-refractivity contribution < 1.29 is 0 Å². The van der Waals surface area contributed by atoms with Gasteiger partial charge in [-0.2, -0.15) is 5.26 Å². The second-order valence-corrected chi connectivity index (χ2v) is 5.82. The summed E-state index contributed by atoms with van der Waals surface area (Å²) in [4.78, 5) is 1.68. The first-order chi connectivity index (χ1) is 10.1. The van der Waals surface area contributed by atoms with Gasteiger partial charge < -0.3 is 0 Å². The highest BCUT2D eigenvalue weighted by atomic mass is 35.5. The number of unbranched alkanes of at least 4 members (excludes halogenated alkanes) is 1. The van der Waals surface area contributed by atoms with Crippen LogP contribution in [0.25, 0.3) is 0 Å². The van der Waals surface area contributed by atoms with Crippen LogP contribution in [0.5, 0.6) is 0 Å². The lowest BCUT2D eigenvalue weighted by Crippen LogP contribution is -2.38.